The molecule has 0 spiro atoms. The van der Waals surface area contributed by atoms with Gasteiger partial charge >= 0.3 is 0 Å². The summed E-state index contributed by atoms with van der Waals surface area (Å²) in [5.74, 6) is 0.628. The van der Waals surface area contributed by atoms with Gasteiger partial charge in [0.2, 0.25) is 0 Å². The monoisotopic (exact) mass is 262 g/mol. The summed E-state index contributed by atoms with van der Waals surface area (Å²) in [5, 5.41) is 2.85. The first-order chi connectivity index (χ1) is 9.23. The molecule has 3 rings (SSSR count). The molecule has 5 nitrogen and oxygen atoms in total. The average Bonchev–Trinajstić information content (AvgIpc) is 2.37. The van der Waals surface area contributed by atoms with Crippen molar-refractivity contribution in [3.05, 3.63) is 23.8 Å². The highest BCUT2D eigenvalue weighted by molar-refractivity contribution is 5.95. The standard InChI is InChI=1S/C14H18N2O3/c15-5-1-4-14(8-18-9-14)10-2-3-12-11(6-10)16-13(17)7-19-12/h2-3,6H,1,4-5,7-9,15H2,(H,16,17). The SMILES string of the molecule is NCCCC1(c2ccc3c(c2)NC(=O)CO3)COC1. The molecular formula is C14H18N2O3. The van der Waals surface area contributed by atoms with Crippen LogP contribution in [0.15, 0.2) is 18.2 Å². The maximum atomic E-state index is 11.4. The van der Waals surface area contributed by atoms with Gasteiger partial charge in [-0.15, -0.1) is 0 Å². The van der Waals surface area contributed by atoms with E-state index in [0.717, 1.165) is 37.5 Å². The summed E-state index contributed by atoms with van der Waals surface area (Å²) in [4.78, 5) is 11.4. The van der Waals surface area contributed by atoms with Crippen molar-refractivity contribution in [3.8, 4) is 5.75 Å². The van der Waals surface area contributed by atoms with E-state index in [4.69, 9.17) is 15.2 Å². The van der Waals surface area contributed by atoms with Crippen LogP contribution < -0.4 is 15.8 Å². The number of carbonyl (C=O) groups excluding carboxylic acids is 1. The van der Waals surface area contributed by atoms with Crippen molar-refractivity contribution < 1.29 is 14.3 Å². The van der Waals surface area contributed by atoms with E-state index in [1.165, 1.54) is 5.56 Å². The molecule has 0 aromatic heterocycles. The van der Waals surface area contributed by atoms with Crippen LogP contribution in [0.25, 0.3) is 0 Å². The number of carbonyl (C=O) groups is 1. The lowest BCUT2D eigenvalue weighted by Crippen LogP contribution is -2.47. The average molecular weight is 262 g/mol. The summed E-state index contributed by atoms with van der Waals surface area (Å²) >= 11 is 0. The fourth-order valence-electron chi connectivity index (χ4n) is 2.66. The molecule has 0 atom stereocenters. The molecule has 0 unspecified atom stereocenters. The first kappa shape index (κ1) is 12.4. The van der Waals surface area contributed by atoms with Crippen molar-refractivity contribution in [2.24, 2.45) is 5.73 Å². The van der Waals surface area contributed by atoms with Gasteiger partial charge in [-0.25, -0.2) is 0 Å². The third-order valence-corrected chi connectivity index (χ3v) is 3.84. The van der Waals surface area contributed by atoms with Gasteiger partial charge in [0.1, 0.15) is 5.75 Å². The zero-order valence-electron chi connectivity index (χ0n) is 10.8. The predicted molar refractivity (Wildman–Crippen MR) is 71.4 cm³/mol. The molecule has 0 radical (unpaired) electrons. The van der Waals surface area contributed by atoms with Crippen molar-refractivity contribution in [3.63, 3.8) is 0 Å². The number of amides is 1. The van der Waals surface area contributed by atoms with Crippen LogP contribution in [0, 0.1) is 0 Å². The lowest BCUT2D eigenvalue weighted by molar-refractivity contribution is -0.118. The van der Waals surface area contributed by atoms with Crippen LogP contribution in [0.3, 0.4) is 0 Å². The zero-order valence-corrected chi connectivity index (χ0v) is 10.8. The first-order valence-electron chi connectivity index (χ1n) is 6.58. The molecule has 19 heavy (non-hydrogen) atoms. The van der Waals surface area contributed by atoms with Crippen LogP contribution in [-0.2, 0) is 14.9 Å². The number of anilines is 1. The van der Waals surface area contributed by atoms with Crippen LogP contribution in [0.4, 0.5) is 5.69 Å². The maximum Gasteiger partial charge on any atom is 0.262 e. The van der Waals surface area contributed by atoms with E-state index in [2.05, 4.69) is 11.4 Å². The molecule has 3 N–H and O–H groups in total. The van der Waals surface area contributed by atoms with Crippen LogP contribution in [0.2, 0.25) is 0 Å². The van der Waals surface area contributed by atoms with E-state index in [9.17, 15) is 4.79 Å². The number of fused-ring (bicyclic) bond motifs is 1. The maximum absolute atomic E-state index is 11.4. The van der Waals surface area contributed by atoms with Crippen LogP contribution >= 0.6 is 0 Å². The molecule has 0 saturated carbocycles. The second kappa shape index (κ2) is 4.83. The van der Waals surface area contributed by atoms with Crippen molar-refractivity contribution in [1.82, 2.24) is 0 Å². The van der Waals surface area contributed by atoms with E-state index in [1.54, 1.807) is 0 Å². The number of nitrogens with two attached hydrogens (primary N) is 1. The van der Waals surface area contributed by atoms with E-state index in [1.807, 2.05) is 12.1 Å². The molecule has 102 valence electrons. The Balaban J connectivity index is 1.88. The highest BCUT2D eigenvalue weighted by atomic mass is 16.5. The Morgan fingerprint density at radius 2 is 2.21 bits per heavy atom. The van der Waals surface area contributed by atoms with Crippen molar-refractivity contribution in [2.45, 2.75) is 18.3 Å². The van der Waals surface area contributed by atoms with Crippen LogP contribution in [-0.4, -0.2) is 32.3 Å². The van der Waals surface area contributed by atoms with Gasteiger partial charge in [0.25, 0.3) is 5.91 Å². The Morgan fingerprint density at radius 1 is 1.37 bits per heavy atom. The topological polar surface area (TPSA) is 73.6 Å². The van der Waals surface area contributed by atoms with Crippen molar-refractivity contribution in [2.75, 3.05) is 31.7 Å². The summed E-state index contributed by atoms with van der Waals surface area (Å²) < 4.78 is 10.8. The van der Waals surface area contributed by atoms with Gasteiger partial charge in [-0.05, 0) is 37.1 Å². The molecule has 0 bridgehead atoms. The molecule has 2 aliphatic heterocycles. The fourth-order valence-corrected chi connectivity index (χ4v) is 2.66. The normalized spacial score (nSPS) is 19.9. The van der Waals surface area contributed by atoms with Gasteiger partial charge in [0.15, 0.2) is 6.61 Å². The van der Waals surface area contributed by atoms with Gasteiger partial charge in [-0.1, -0.05) is 6.07 Å². The van der Waals surface area contributed by atoms with Gasteiger partial charge in [0, 0.05) is 5.41 Å². The Bertz CT molecular complexity index is 497. The largest absolute Gasteiger partial charge is 0.482 e. The third kappa shape index (κ3) is 2.19. The Morgan fingerprint density at radius 3 is 2.89 bits per heavy atom. The minimum atomic E-state index is -0.106. The third-order valence-electron chi connectivity index (χ3n) is 3.84. The van der Waals surface area contributed by atoms with Crippen LogP contribution in [0.1, 0.15) is 18.4 Å². The number of benzene rings is 1. The lowest BCUT2D eigenvalue weighted by Gasteiger charge is -2.42. The molecule has 2 aliphatic rings. The molecule has 1 aromatic carbocycles. The molecule has 1 amide bonds. The minimum absolute atomic E-state index is 0.0522. The Hall–Kier alpha value is -1.59. The summed E-state index contributed by atoms with van der Waals surface area (Å²) in [6, 6.07) is 5.99. The smallest absolute Gasteiger partial charge is 0.262 e. The van der Waals surface area contributed by atoms with Gasteiger partial charge < -0.3 is 20.5 Å². The summed E-state index contributed by atoms with van der Waals surface area (Å²) in [6.07, 6.45) is 1.99. The quantitative estimate of drug-likeness (QED) is 0.849. The number of ether oxygens (including phenoxy) is 2. The zero-order chi connectivity index (χ0) is 13.3. The molecule has 1 aromatic rings. The molecule has 0 aliphatic carbocycles. The van der Waals surface area contributed by atoms with E-state index >= 15 is 0 Å². The molecule has 5 heteroatoms. The van der Waals surface area contributed by atoms with Gasteiger partial charge in [-0.3, -0.25) is 4.79 Å². The van der Waals surface area contributed by atoms with Crippen molar-refractivity contribution in [1.29, 1.82) is 0 Å². The van der Waals surface area contributed by atoms with E-state index in [0.29, 0.717) is 6.54 Å². The molecule has 2 heterocycles. The number of hydrogen-bond acceptors (Lipinski definition) is 4. The van der Waals surface area contributed by atoms with E-state index in [-0.39, 0.29) is 17.9 Å². The number of hydrogen-bond donors (Lipinski definition) is 2. The summed E-state index contributed by atoms with van der Waals surface area (Å²) in [6.45, 7) is 2.22. The van der Waals surface area contributed by atoms with E-state index < -0.39 is 0 Å². The summed E-state index contributed by atoms with van der Waals surface area (Å²) in [7, 11) is 0. The minimum Gasteiger partial charge on any atom is -0.482 e. The number of nitrogens with one attached hydrogen (secondary N) is 1. The second-order valence-corrected chi connectivity index (χ2v) is 5.21. The molecule has 1 saturated heterocycles. The highest BCUT2D eigenvalue weighted by Gasteiger charge is 2.40. The predicted octanol–water partition coefficient (Wildman–Crippen LogP) is 1.02. The Kier molecular flexibility index (Phi) is 3.16. The van der Waals surface area contributed by atoms with Gasteiger partial charge in [-0.2, -0.15) is 0 Å². The second-order valence-electron chi connectivity index (χ2n) is 5.21. The Labute approximate surface area is 112 Å². The van der Waals surface area contributed by atoms with Crippen molar-refractivity contribution >= 4 is 11.6 Å². The lowest BCUT2D eigenvalue weighted by atomic mass is 9.75. The highest BCUT2D eigenvalue weighted by Crippen LogP contribution is 2.40. The first-order valence-corrected chi connectivity index (χ1v) is 6.58. The fraction of sp³-hybridized carbons (Fsp3) is 0.500. The van der Waals surface area contributed by atoms with Crippen LogP contribution in [0.5, 0.6) is 5.75 Å². The molecule has 1 fully saturated rings. The molecular weight excluding hydrogens is 244 g/mol. The number of rotatable bonds is 4. The summed E-state index contributed by atoms with van der Waals surface area (Å²) in [5.41, 5.74) is 7.60. The van der Waals surface area contributed by atoms with Gasteiger partial charge in [0.05, 0.1) is 18.9 Å².